The summed E-state index contributed by atoms with van der Waals surface area (Å²) in [5.74, 6) is -0.676. The molecule has 0 N–H and O–H groups in total. The van der Waals surface area contributed by atoms with Gasteiger partial charge in [-0.1, -0.05) is 6.92 Å². The second kappa shape index (κ2) is 5.04. The van der Waals surface area contributed by atoms with Crippen molar-refractivity contribution in [3.8, 4) is 0 Å². The molecular formula is C12H11F5O. The fraction of sp³-hybridized carbons (Fsp3) is 0.417. The van der Waals surface area contributed by atoms with E-state index in [0.29, 0.717) is 6.07 Å². The van der Waals surface area contributed by atoms with E-state index in [0.717, 1.165) is 13.0 Å². The van der Waals surface area contributed by atoms with Gasteiger partial charge in [0.05, 0.1) is 5.56 Å². The third-order valence-electron chi connectivity index (χ3n) is 2.59. The van der Waals surface area contributed by atoms with Crippen LogP contribution >= 0.6 is 0 Å². The highest BCUT2D eigenvalue weighted by Gasteiger charge is 2.35. The Labute approximate surface area is 101 Å². The largest absolute Gasteiger partial charge is 0.416 e. The number of Topliss-reactive ketones (excluding diaryl/α,β-unsaturated/α-hetero) is 1. The average Bonchev–Trinajstić information content (AvgIpc) is 2.25. The number of rotatable bonds is 3. The van der Waals surface area contributed by atoms with Crippen molar-refractivity contribution >= 4 is 5.78 Å². The summed E-state index contributed by atoms with van der Waals surface area (Å²) in [6, 6.07) is 1.47. The van der Waals surface area contributed by atoms with E-state index in [1.54, 1.807) is 0 Å². The number of alkyl halides is 5. The first-order chi connectivity index (χ1) is 8.18. The van der Waals surface area contributed by atoms with Crippen LogP contribution in [0.3, 0.4) is 0 Å². The molecule has 0 atom stereocenters. The smallest absolute Gasteiger partial charge is 0.295 e. The SMILES string of the molecule is CCc1c(C(F)F)cc(C(C)=O)cc1C(F)(F)F. The van der Waals surface area contributed by atoms with E-state index in [-0.39, 0.29) is 12.0 Å². The molecule has 0 unspecified atom stereocenters. The van der Waals surface area contributed by atoms with Gasteiger partial charge in [-0.2, -0.15) is 13.2 Å². The summed E-state index contributed by atoms with van der Waals surface area (Å²) in [7, 11) is 0. The first-order valence-electron chi connectivity index (χ1n) is 5.21. The first-order valence-corrected chi connectivity index (χ1v) is 5.21. The van der Waals surface area contributed by atoms with Crippen molar-refractivity contribution in [2.24, 2.45) is 0 Å². The molecule has 0 saturated carbocycles. The maximum absolute atomic E-state index is 12.8. The molecule has 0 saturated heterocycles. The minimum atomic E-state index is -4.75. The van der Waals surface area contributed by atoms with E-state index in [1.165, 1.54) is 6.92 Å². The third kappa shape index (κ3) is 2.86. The quantitative estimate of drug-likeness (QED) is 0.585. The molecule has 0 bridgehead atoms. The van der Waals surface area contributed by atoms with E-state index in [9.17, 15) is 26.7 Å². The molecule has 0 radical (unpaired) electrons. The maximum Gasteiger partial charge on any atom is 0.416 e. The zero-order chi connectivity index (χ0) is 14.1. The molecular weight excluding hydrogens is 255 g/mol. The Morgan fingerprint density at radius 2 is 1.83 bits per heavy atom. The van der Waals surface area contributed by atoms with Gasteiger partial charge in [-0.05, 0) is 31.0 Å². The molecule has 6 heteroatoms. The fourth-order valence-corrected chi connectivity index (χ4v) is 1.74. The van der Waals surface area contributed by atoms with Gasteiger partial charge in [-0.3, -0.25) is 4.79 Å². The molecule has 1 rings (SSSR count). The van der Waals surface area contributed by atoms with Crippen LogP contribution in [-0.2, 0) is 12.6 Å². The molecule has 18 heavy (non-hydrogen) atoms. The van der Waals surface area contributed by atoms with Gasteiger partial charge < -0.3 is 0 Å². The summed E-state index contributed by atoms with van der Waals surface area (Å²) >= 11 is 0. The van der Waals surface area contributed by atoms with Crippen LogP contribution in [0.15, 0.2) is 12.1 Å². The molecule has 1 aromatic carbocycles. The number of hydrogen-bond acceptors (Lipinski definition) is 1. The van der Waals surface area contributed by atoms with Crippen LogP contribution in [0.25, 0.3) is 0 Å². The topological polar surface area (TPSA) is 17.1 Å². The van der Waals surface area contributed by atoms with Crippen LogP contribution in [0, 0.1) is 0 Å². The summed E-state index contributed by atoms with van der Waals surface area (Å²) in [6.45, 7) is 2.40. The standard InChI is InChI=1S/C12H11F5O/c1-3-8-9(11(13)14)4-7(6(2)18)5-10(8)12(15,16)17/h4-5,11H,3H2,1-2H3. The third-order valence-corrected chi connectivity index (χ3v) is 2.59. The molecule has 1 nitrogen and oxygen atoms in total. The summed E-state index contributed by atoms with van der Waals surface area (Å²) in [4.78, 5) is 11.1. The van der Waals surface area contributed by atoms with Gasteiger partial charge in [0.2, 0.25) is 0 Å². The summed E-state index contributed by atoms with van der Waals surface area (Å²) in [5, 5.41) is 0. The molecule has 0 aliphatic rings. The van der Waals surface area contributed by atoms with E-state index in [1.807, 2.05) is 0 Å². The molecule has 0 amide bonds. The van der Waals surface area contributed by atoms with Gasteiger partial charge in [0.15, 0.2) is 5.78 Å². The van der Waals surface area contributed by atoms with Crippen LogP contribution in [-0.4, -0.2) is 5.78 Å². The Kier molecular flexibility index (Phi) is 4.09. The van der Waals surface area contributed by atoms with E-state index in [2.05, 4.69) is 0 Å². The van der Waals surface area contributed by atoms with E-state index >= 15 is 0 Å². The van der Waals surface area contributed by atoms with Gasteiger partial charge in [-0.15, -0.1) is 0 Å². The lowest BCUT2D eigenvalue weighted by Crippen LogP contribution is -2.13. The monoisotopic (exact) mass is 266 g/mol. The van der Waals surface area contributed by atoms with Crippen molar-refractivity contribution in [2.45, 2.75) is 32.9 Å². The minimum absolute atomic E-state index is 0.174. The average molecular weight is 266 g/mol. The lowest BCUT2D eigenvalue weighted by atomic mass is 9.94. The molecule has 0 fully saturated rings. The summed E-state index contributed by atoms with van der Waals surface area (Å²) < 4.78 is 63.8. The van der Waals surface area contributed by atoms with Crippen LogP contribution in [0.2, 0.25) is 0 Å². The maximum atomic E-state index is 12.8. The van der Waals surface area contributed by atoms with Crippen LogP contribution < -0.4 is 0 Å². The van der Waals surface area contributed by atoms with Crippen molar-refractivity contribution in [3.63, 3.8) is 0 Å². The molecule has 0 aromatic heterocycles. The van der Waals surface area contributed by atoms with Gasteiger partial charge in [0, 0.05) is 11.1 Å². The summed E-state index contributed by atoms with van der Waals surface area (Å²) in [6.07, 6.45) is -7.96. The zero-order valence-corrected chi connectivity index (χ0v) is 9.74. The Bertz CT molecular complexity index is 462. The van der Waals surface area contributed by atoms with E-state index in [4.69, 9.17) is 0 Å². The molecule has 0 heterocycles. The number of carbonyl (C=O) groups excluding carboxylic acids is 1. The highest BCUT2D eigenvalue weighted by Crippen LogP contribution is 2.37. The first kappa shape index (κ1) is 14.6. The molecule has 0 aliphatic carbocycles. The fourth-order valence-electron chi connectivity index (χ4n) is 1.74. The van der Waals surface area contributed by atoms with Crippen molar-refractivity contribution < 1.29 is 26.7 Å². The minimum Gasteiger partial charge on any atom is -0.295 e. The van der Waals surface area contributed by atoms with Gasteiger partial charge in [-0.25, -0.2) is 8.78 Å². The predicted octanol–water partition coefficient (Wildman–Crippen LogP) is 4.41. The molecule has 0 spiro atoms. The summed E-state index contributed by atoms with van der Waals surface area (Å²) in [5.41, 5.74) is -2.69. The second-order valence-electron chi connectivity index (χ2n) is 3.80. The second-order valence-corrected chi connectivity index (χ2v) is 3.80. The van der Waals surface area contributed by atoms with Crippen molar-refractivity contribution in [1.29, 1.82) is 0 Å². The van der Waals surface area contributed by atoms with E-state index < -0.39 is 35.1 Å². The number of hydrogen-bond donors (Lipinski definition) is 0. The van der Waals surface area contributed by atoms with Crippen LogP contribution in [0.5, 0.6) is 0 Å². The van der Waals surface area contributed by atoms with Crippen molar-refractivity contribution in [3.05, 3.63) is 34.4 Å². The molecule has 0 aliphatic heterocycles. The number of ketones is 1. The normalized spacial score (nSPS) is 12.0. The van der Waals surface area contributed by atoms with Gasteiger partial charge in [0.1, 0.15) is 0 Å². The number of halogens is 5. The van der Waals surface area contributed by atoms with Crippen LogP contribution in [0.1, 0.15) is 47.3 Å². The van der Waals surface area contributed by atoms with Crippen LogP contribution in [0.4, 0.5) is 22.0 Å². The molecule has 100 valence electrons. The Balaban J connectivity index is 3.62. The van der Waals surface area contributed by atoms with Gasteiger partial charge in [0.25, 0.3) is 6.43 Å². The highest BCUT2D eigenvalue weighted by molar-refractivity contribution is 5.94. The van der Waals surface area contributed by atoms with Gasteiger partial charge >= 0.3 is 6.18 Å². The Morgan fingerprint density at radius 1 is 1.28 bits per heavy atom. The lowest BCUT2D eigenvalue weighted by Gasteiger charge is -2.17. The van der Waals surface area contributed by atoms with Crippen molar-refractivity contribution in [2.75, 3.05) is 0 Å². The Morgan fingerprint density at radius 3 is 2.17 bits per heavy atom. The predicted molar refractivity (Wildman–Crippen MR) is 55.8 cm³/mol. The Hall–Kier alpha value is -1.46. The lowest BCUT2D eigenvalue weighted by molar-refractivity contribution is -0.138. The number of carbonyl (C=O) groups is 1. The molecule has 1 aromatic rings. The zero-order valence-electron chi connectivity index (χ0n) is 9.74. The van der Waals surface area contributed by atoms with Crippen molar-refractivity contribution in [1.82, 2.24) is 0 Å². The highest BCUT2D eigenvalue weighted by atomic mass is 19.4. The number of benzene rings is 1.